The summed E-state index contributed by atoms with van der Waals surface area (Å²) < 4.78 is 0. The topological polar surface area (TPSA) is 75.9 Å². The lowest BCUT2D eigenvalue weighted by Gasteiger charge is -2.46. The molecule has 1 saturated heterocycles. The van der Waals surface area contributed by atoms with Gasteiger partial charge in [0.25, 0.3) is 0 Å². The Morgan fingerprint density at radius 3 is 2.37 bits per heavy atom. The van der Waals surface area contributed by atoms with E-state index in [0.717, 1.165) is 12.8 Å². The number of nitrogen functional groups attached to an aromatic ring is 1. The molecular formula is C13H22ClN5. The largest absolute Gasteiger partial charge is 0.368 e. The van der Waals surface area contributed by atoms with Gasteiger partial charge in [-0.1, -0.05) is 11.6 Å². The number of anilines is 2. The summed E-state index contributed by atoms with van der Waals surface area (Å²) in [6, 6.07) is 2.04. The van der Waals surface area contributed by atoms with Gasteiger partial charge in [-0.3, -0.25) is 0 Å². The molecule has 0 bridgehead atoms. The number of nitrogens with zero attached hydrogens (tertiary/aromatic N) is 2. The van der Waals surface area contributed by atoms with Gasteiger partial charge in [0, 0.05) is 23.2 Å². The molecule has 106 valence electrons. The van der Waals surface area contributed by atoms with Crippen molar-refractivity contribution in [1.82, 2.24) is 15.3 Å². The molecular weight excluding hydrogens is 262 g/mol. The zero-order chi connectivity index (χ0) is 14.3. The number of piperidine rings is 1. The number of aromatic nitrogens is 2. The van der Waals surface area contributed by atoms with Crippen LogP contribution in [0.4, 0.5) is 11.8 Å². The van der Waals surface area contributed by atoms with E-state index in [9.17, 15) is 0 Å². The van der Waals surface area contributed by atoms with E-state index in [-0.39, 0.29) is 17.0 Å². The number of hydrogen-bond acceptors (Lipinski definition) is 5. The molecule has 6 heteroatoms. The number of rotatable bonds is 2. The van der Waals surface area contributed by atoms with Crippen molar-refractivity contribution in [1.29, 1.82) is 0 Å². The molecule has 1 aromatic rings. The van der Waals surface area contributed by atoms with Crippen molar-refractivity contribution in [2.45, 2.75) is 57.7 Å². The van der Waals surface area contributed by atoms with Crippen molar-refractivity contribution < 1.29 is 0 Å². The summed E-state index contributed by atoms with van der Waals surface area (Å²) in [7, 11) is 0. The first-order valence-corrected chi connectivity index (χ1v) is 6.89. The van der Waals surface area contributed by atoms with Crippen LogP contribution in [-0.2, 0) is 0 Å². The average Bonchev–Trinajstić information content (AvgIpc) is 2.08. The maximum absolute atomic E-state index is 5.90. The Hall–Kier alpha value is -1.07. The Morgan fingerprint density at radius 2 is 1.84 bits per heavy atom. The first-order valence-electron chi connectivity index (χ1n) is 6.51. The third-order valence-electron chi connectivity index (χ3n) is 3.25. The highest BCUT2D eigenvalue weighted by atomic mass is 35.5. The molecule has 1 fully saturated rings. The first-order chi connectivity index (χ1) is 8.65. The van der Waals surface area contributed by atoms with Crippen molar-refractivity contribution in [3.63, 3.8) is 0 Å². The molecule has 4 N–H and O–H groups in total. The van der Waals surface area contributed by atoms with Gasteiger partial charge in [0.15, 0.2) is 0 Å². The Bertz CT molecular complexity index is 436. The summed E-state index contributed by atoms with van der Waals surface area (Å²) in [5, 5.41) is 7.43. The third kappa shape index (κ3) is 3.94. The van der Waals surface area contributed by atoms with Crippen molar-refractivity contribution >= 4 is 23.4 Å². The quantitative estimate of drug-likeness (QED) is 0.727. The van der Waals surface area contributed by atoms with Crippen LogP contribution >= 0.6 is 11.6 Å². The summed E-state index contributed by atoms with van der Waals surface area (Å²) >= 11 is 5.90. The molecule has 2 rings (SSSR count). The normalized spacial score (nSPS) is 22.2. The van der Waals surface area contributed by atoms with Crippen LogP contribution in [0.2, 0.25) is 5.15 Å². The predicted molar refractivity (Wildman–Crippen MR) is 79.4 cm³/mol. The van der Waals surface area contributed by atoms with Gasteiger partial charge >= 0.3 is 0 Å². The van der Waals surface area contributed by atoms with Crippen LogP contribution in [0.15, 0.2) is 6.07 Å². The molecule has 19 heavy (non-hydrogen) atoms. The van der Waals surface area contributed by atoms with Gasteiger partial charge in [0.05, 0.1) is 0 Å². The molecule has 1 aliphatic heterocycles. The molecule has 0 saturated carbocycles. The summed E-state index contributed by atoms with van der Waals surface area (Å²) in [5.74, 6) is 0.887. The fourth-order valence-electron chi connectivity index (χ4n) is 3.14. The van der Waals surface area contributed by atoms with Crippen molar-refractivity contribution in [2.75, 3.05) is 11.1 Å². The zero-order valence-electron chi connectivity index (χ0n) is 11.9. The van der Waals surface area contributed by atoms with Crippen molar-refractivity contribution in [3.8, 4) is 0 Å². The SMILES string of the molecule is CC1(C)CC(Nc2cc(Cl)nc(N)n2)CC(C)(C)N1. The van der Waals surface area contributed by atoms with Crippen LogP contribution in [0.25, 0.3) is 0 Å². The third-order valence-corrected chi connectivity index (χ3v) is 3.45. The second-order valence-corrected chi connectivity index (χ2v) is 6.96. The summed E-state index contributed by atoms with van der Waals surface area (Å²) in [6.07, 6.45) is 2.02. The van der Waals surface area contributed by atoms with Crippen LogP contribution in [-0.4, -0.2) is 27.1 Å². The van der Waals surface area contributed by atoms with E-state index >= 15 is 0 Å². The molecule has 0 unspecified atom stereocenters. The molecule has 5 nitrogen and oxygen atoms in total. The highest BCUT2D eigenvalue weighted by Gasteiger charge is 2.37. The van der Waals surface area contributed by atoms with E-state index in [4.69, 9.17) is 17.3 Å². The van der Waals surface area contributed by atoms with E-state index in [1.165, 1.54) is 0 Å². The second kappa shape index (κ2) is 4.80. The number of nitrogens with two attached hydrogens (primary N) is 1. The van der Waals surface area contributed by atoms with Gasteiger partial charge in [0.1, 0.15) is 11.0 Å². The molecule has 1 aliphatic rings. The summed E-state index contributed by atoms with van der Waals surface area (Å²) in [4.78, 5) is 8.04. The van der Waals surface area contributed by atoms with E-state index in [1.54, 1.807) is 6.07 Å². The summed E-state index contributed by atoms with van der Waals surface area (Å²) in [6.45, 7) is 8.85. The molecule has 0 spiro atoms. The summed E-state index contributed by atoms with van der Waals surface area (Å²) in [5.41, 5.74) is 5.78. The number of nitrogens with one attached hydrogen (secondary N) is 2. The minimum Gasteiger partial charge on any atom is -0.368 e. The Morgan fingerprint density at radius 1 is 1.26 bits per heavy atom. The zero-order valence-corrected chi connectivity index (χ0v) is 12.7. The van der Waals surface area contributed by atoms with Crippen molar-refractivity contribution in [2.24, 2.45) is 0 Å². The molecule has 0 radical (unpaired) electrons. The molecule has 0 amide bonds. The fourth-order valence-corrected chi connectivity index (χ4v) is 3.33. The van der Waals surface area contributed by atoms with Crippen LogP contribution in [0.1, 0.15) is 40.5 Å². The van der Waals surface area contributed by atoms with Gasteiger partial charge in [-0.2, -0.15) is 4.98 Å². The molecule has 0 aliphatic carbocycles. The van der Waals surface area contributed by atoms with E-state index in [2.05, 4.69) is 48.3 Å². The van der Waals surface area contributed by atoms with Crippen molar-refractivity contribution in [3.05, 3.63) is 11.2 Å². The lowest BCUT2D eigenvalue weighted by molar-refractivity contribution is 0.170. The Labute approximate surface area is 119 Å². The maximum Gasteiger partial charge on any atom is 0.223 e. The highest BCUT2D eigenvalue weighted by molar-refractivity contribution is 6.29. The molecule has 0 atom stereocenters. The van der Waals surface area contributed by atoms with E-state index in [1.807, 2.05) is 0 Å². The Kier molecular flexibility index (Phi) is 3.62. The Balaban J connectivity index is 2.14. The standard InChI is InChI=1S/C13H22ClN5/c1-12(2)6-8(7-13(3,4)19-12)16-10-5-9(14)17-11(15)18-10/h5,8,19H,6-7H2,1-4H3,(H3,15,16,17,18). The van der Waals surface area contributed by atoms with Crippen LogP contribution < -0.4 is 16.4 Å². The number of hydrogen-bond donors (Lipinski definition) is 3. The minimum absolute atomic E-state index is 0.0851. The lowest BCUT2D eigenvalue weighted by Crippen LogP contribution is -2.60. The van der Waals surface area contributed by atoms with Crippen LogP contribution in [0, 0.1) is 0 Å². The van der Waals surface area contributed by atoms with Gasteiger partial charge < -0.3 is 16.4 Å². The monoisotopic (exact) mass is 283 g/mol. The van der Waals surface area contributed by atoms with E-state index < -0.39 is 0 Å². The average molecular weight is 284 g/mol. The molecule has 1 aromatic heterocycles. The first kappa shape index (κ1) is 14.3. The second-order valence-electron chi connectivity index (χ2n) is 6.58. The van der Waals surface area contributed by atoms with Crippen LogP contribution in [0.5, 0.6) is 0 Å². The number of halogens is 1. The fraction of sp³-hybridized carbons (Fsp3) is 0.692. The lowest BCUT2D eigenvalue weighted by atomic mass is 9.79. The predicted octanol–water partition coefficient (Wildman–Crippen LogP) is 2.43. The van der Waals surface area contributed by atoms with Gasteiger partial charge in [-0.15, -0.1) is 0 Å². The molecule has 2 heterocycles. The van der Waals surface area contributed by atoms with E-state index in [0.29, 0.717) is 17.0 Å². The van der Waals surface area contributed by atoms with Crippen LogP contribution in [0.3, 0.4) is 0 Å². The minimum atomic E-state index is 0.0851. The van der Waals surface area contributed by atoms with Gasteiger partial charge in [0.2, 0.25) is 5.95 Å². The highest BCUT2D eigenvalue weighted by Crippen LogP contribution is 2.30. The van der Waals surface area contributed by atoms with Gasteiger partial charge in [-0.05, 0) is 40.5 Å². The van der Waals surface area contributed by atoms with Gasteiger partial charge in [-0.25, -0.2) is 4.98 Å². The molecule has 0 aromatic carbocycles. The maximum atomic E-state index is 5.90. The smallest absolute Gasteiger partial charge is 0.223 e.